The van der Waals surface area contributed by atoms with Gasteiger partial charge in [-0.25, -0.2) is 8.42 Å². The van der Waals surface area contributed by atoms with Crippen molar-refractivity contribution in [3.05, 3.63) is 14.7 Å². The SMILES string of the molecule is Cc1sc(Br)cc1S(=O)(=O)N1CC(=O)NC(=O)C1(C)C. The van der Waals surface area contributed by atoms with Crippen molar-refractivity contribution in [1.82, 2.24) is 9.62 Å². The number of hydrogen-bond acceptors (Lipinski definition) is 5. The topological polar surface area (TPSA) is 83.6 Å². The van der Waals surface area contributed by atoms with Gasteiger partial charge in [-0.3, -0.25) is 14.9 Å². The third-order valence-corrected chi connectivity index (χ3v) is 6.96. The summed E-state index contributed by atoms with van der Waals surface area (Å²) < 4.78 is 27.0. The van der Waals surface area contributed by atoms with Gasteiger partial charge in [-0.15, -0.1) is 11.3 Å². The molecule has 1 aromatic heterocycles. The van der Waals surface area contributed by atoms with Crippen molar-refractivity contribution in [1.29, 1.82) is 0 Å². The molecule has 0 radical (unpaired) electrons. The van der Waals surface area contributed by atoms with Crippen molar-refractivity contribution in [3.63, 3.8) is 0 Å². The highest BCUT2D eigenvalue weighted by molar-refractivity contribution is 9.11. The van der Waals surface area contributed by atoms with Crippen LogP contribution in [-0.2, 0) is 19.6 Å². The molecule has 0 saturated carbocycles. The van der Waals surface area contributed by atoms with Gasteiger partial charge in [0.2, 0.25) is 21.8 Å². The number of aryl methyl sites for hydroxylation is 1. The minimum atomic E-state index is -3.91. The van der Waals surface area contributed by atoms with Crippen LogP contribution in [0, 0.1) is 6.92 Å². The van der Waals surface area contributed by atoms with Gasteiger partial charge in [-0.1, -0.05) is 0 Å². The number of nitrogens with one attached hydrogen (secondary N) is 1. The maximum absolute atomic E-state index is 12.7. The number of rotatable bonds is 2. The Balaban J connectivity index is 2.55. The van der Waals surface area contributed by atoms with Crippen LogP contribution in [0.1, 0.15) is 18.7 Å². The van der Waals surface area contributed by atoms with E-state index >= 15 is 0 Å². The van der Waals surface area contributed by atoms with Crippen LogP contribution in [0.2, 0.25) is 0 Å². The molecule has 9 heteroatoms. The van der Waals surface area contributed by atoms with Gasteiger partial charge in [0.15, 0.2) is 0 Å². The lowest BCUT2D eigenvalue weighted by Crippen LogP contribution is -2.65. The fourth-order valence-electron chi connectivity index (χ4n) is 1.95. The van der Waals surface area contributed by atoms with Gasteiger partial charge in [0.1, 0.15) is 5.54 Å². The molecule has 0 aliphatic carbocycles. The van der Waals surface area contributed by atoms with Crippen molar-refractivity contribution in [2.45, 2.75) is 31.2 Å². The van der Waals surface area contributed by atoms with Crippen LogP contribution >= 0.6 is 27.3 Å². The molecular weight excluding hydrogens is 368 g/mol. The summed E-state index contributed by atoms with van der Waals surface area (Å²) in [5, 5.41) is 2.15. The first kappa shape index (κ1) is 15.6. The number of sulfonamides is 1. The quantitative estimate of drug-likeness (QED) is 0.782. The summed E-state index contributed by atoms with van der Waals surface area (Å²) in [5.41, 5.74) is -1.31. The molecule has 0 unspecified atom stereocenters. The van der Waals surface area contributed by atoms with E-state index < -0.39 is 27.4 Å². The summed E-state index contributed by atoms with van der Waals surface area (Å²) in [6.45, 7) is 4.27. The Kier molecular flexibility index (Phi) is 3.83. The predicted octanol–water partition coefficient (Wildman–Crippen LogP) is 1.24. The minimum absolute atomic E-state index is 0.116. The maximum atomic E-state index is 12.7. The zero-order valence-corrected chi connectivity index (χ0v) is 14.3. The molecule has 0 spiro atoms. The lowest BCUT2D eigenvalue weighted by Gasteiger charge is -2.38. The fraction of sp³-hybridized carbons (Fsp3) is 0.455. The average molecular weight is 381 g/mol. The Labute approximate surface area is 129 Å². The Bertz CT molecular complexity index is 693. The first-order valence-corrected chi connectivity index (χ1v) is 8.75. The summed E-state index contributed by atoms with van der Waals surface area (Å²) in [6, 6.07) is 1.49. The monoisotopic (exact) mass is 380 g/mol. The number of carbonyl (C=O) groups is 2. The molecule has 1 aromatic rings. The van der Waals surface area contributed by atoms with Gasteiger partial charge in [-0.2, -0.15) is 4.31 Å². The number of amides is 2. The number of piperazine rings is 1. The summed E-state index contributed by atoms with van der Waals surface area (Å²) in [6.07, 6.45) is 0. The molecule has 0 aromatic carbocycles. The van der Waals surface area contributed by atoms with Crippen LogP contribution in [0.15, 0.2) is 14.7 Å². The van der Waals surface area contributed by atoms with E-state index in [2.05, 4.69) is 21.2 Å². The molecule has 1 saturated heterocycles. The molecular formula is C11H13BrN2O4S2. The molecule has 2 heterocycles. The van der Waals surface area contributed by atoms with Crippen LogP contribution < -0.4 is 5.32 Å². The zero-order chi connectivity index (χ0) is 15.3. The van der Waals surface area contributed by atoms with Gasteiger partial charge in [0, 0.05) is 4.88 Å². The Hall–Kier alpha value is -0.770. The summed E-state index contributed by atoms with van der Waals surface area (Å²) in [4.78, 5) is 24.1. The van der Waals surface area contributed by atoms with Crippen LogP contribution in [0.3, 0.4) is 0 Å². The second-order valence-electron chi connectivity index (χ2n) is 4.92. The van der Waals surface area contributed by atoms with E-state index in [0.717, 1.165) is 4.31 Å². The van der Waals surface area contributed by atoms with E-state index in [0.29, 0.717) is 8.66 Å². The van der Waals surface area contributed by atoms with E-state index in [4.69, 9.17) is 0 Å². The highest BCUT2D eigenvalue weighted by Gasteiger charge is 2.48. The standard InChI is InChI=1S/C11H13BrN2O4S2/c1-6-7(4-8(12)19-6)20(17,18)14-5-9(15)13-10(16)11(14,2)3/h4H,5H2,1-3H3,(H,13,15,16). The van der Waals surface area contributed by atoms with E-state index in [1.54, 1.807) is 6.92 Å². The van der Waals surface area contributed by atoms with Crippen LogP contribution in [0.5, 0.6) is 0 Å². The minimum Gasteiger partial charge on any atom is -0.294 e. The second kappa shape index (κ2) is 4.90. The van der Waals surface area contributed by atoms with Gasteiger partial charge < -0.3 is 0 Å². The Morgan fingerprint density at radius 2 is 2.00 bits per heavy atom. The number of thiophene rings is 1. The molecule has 1 aliphatic heterocycles. The summed E-state index contributed by atoms with van der Waals surface area (Å²) in [7, 11) is -3.91. The molecule has 2 rings (SSSR count). The number of nitrogens with zero attached hydrogens (tertiary/aromatic N) is 1. The molecule has 0 atom stereocenters. The molecule has 0 bridgehead atoms. The van der Waals surface area contributed by atoms with Crippen LogP contribution in [0.25, 0.3) is 0 Å². The van der Waals surface area contributed by atoms with E-state index in [9.17, 15) is 18.0 Å². The molecule has 1 fully saturated rings. The first-order valence-electron chi connectivity index (χ1n) is 5.70. The molecule has 2 amide bonds. The number of imide groups is 1. The normalized spacial score (nSPS) is 20.0. The highest BCUT2D eigenvalue weighted by Crippen LogP contribution is 2.34. The van der Waals surface area contributed by atoms with Crippen molar-refractivity contribution in [2.75, 3.05) is 6.54 Å². The van der Waals surface area contributed by atoms with Gasteiger partial charge in [0.05, 0.1) is 15.2 Å². The number of carbonyl (C=O) groups excluding carboxylic acids is 2. The summed E-state index contributed by atoms with van der Waals surface area (Å²) in [5.74, 6) is -1.24. The molecule has 20 heavy (non-hydrogen) atoms. The van der Waals surface area contributed by atoms with Crippen molar-refractivity contribution in [2.24, 2.45) is 0 Å². The van der Waals surface area contributed by atoms with Gasteiger partial charge in [0.25, 0.3) is 0 Å². The molecule has 1 N–H and O–H groups in total. The van der Waals surface area contributed by atoms with Gasteiger partial charge in [-0.05, 0) is 42.8 Å². The van der Waals surface area contributed by atoms with E-state index in [1.807, 2.05) is 0 Å². The average Bonchev–Trinajstić information content (AvgIpc) is 2.64. The molecule has 110 valence electrons. The maximum Gasteiger partial charge on any atom is 0.247 e. The molecule has 6 nitrogen and oxygen atoms in total. The van der Waals surface area contributed by atoms with Crippen molar-refractivity contribution in [3.8, 4) is 0 Å². The largest absolute Gasteiger partial charge is 0.294 e. The zero-order valence-electron chi connectivity index (χ0n) is 11.1. The highest BCUT2D eigenvalue weighted by atomic mass is 79.9. The van der Waals surface area contributed by atoms with E-state index in [1.165, 1.54) is 31.3 Å². The van der Waals surface area contributed by atoms with Gasteiger partial charge >= 0.3 is 0 Å². The second-order valence-corrected chi connectivity index (χ2v) is 9.39. The predicted molar refractivity (Wildman–Crippen MR) is 77.9 cm³/mol. The number of halogens is 1. The molecule has 1 aliphatic rings. The lowest BCUT2D eigenvalue weighted by atomic mass is 10.0. The first-order chi connectivity index (χ1) is 9.06. The Morgan fingerprint density at radius 1 is 1.40 bits per heavy atom. The van der Waals surface area contributed by atoms with Crippen molar-refractivity contribution >= 4 is 49.1 Å². The fourth-order valence-corrected chi connectivity index (χ4v) is 6.04. The number of hydrogen-bond donors (Lipinski definition) is 1. The lowest BCUT2D eigenvalue weighted by molar-refractivity contribution is -0.141. The third kappa shape index (κ3) is 2.43. The van der Waals surface area contributed by atoms with Crippen molar-refractivity contribution < 1.29 is 18.0 Å². The Morgan fingerprint density at radius 3 is 2.50 bits per heavy atom. The van der Waals surface area contributed by atoms with E-state index in [-0.39, 0.29) is 11.4 Å². The summed E-state index contributed by atoms with van der Waals surface area (Å²) >= 11 is 4.53. The third-order valence-electron chi connectivity index (χ3n) is 3.13. The van der Waals surface area contributed by atoms with Crippen LogP contribution in [0.4, 0.5) is 0 Å². The van der Waals surface area contributed by atoms with Crippen LogP contribution in [-0.4, -0.2) is 36.6 Å². The smallest absolute Gasteiger partial charge is 0.247 e.